The molecule has 0 radical (unpaired) electrons. The molecule has 1 aromatic carbocycles. The molecular formula is C16H19N3. The second-order valence-corrected chi connectivity index (χ2v) is 4.90. The van der Waals surface area contributed by atoms with Crippen LogP contribution in [-0.4, -0.2) is 18.1 Å². The maximum atomic E-state index is 9.32. The van der Waals surface area contributed by atoms with Crippen molar-refractivity contribution in [2.24, 2.45) is 0 Å². The van der Waals surface area contributed by atoms with E-state index in [1.165, 1.54) is 0 Å². The quantitative estimate of drug-likeness (QED) is 0.833. The first kappa shape index (κ1) is 13.4. The number of fused-ring (bicyclic) bond motifs is 1. The molecule has 2 rings (SSSR count). The van der Waals surface area contributed by atoms with Crippen LogP contribution in [0.15, 0.2) is 30.5 Å². The van der Waals surface area contributed by atoms with Crippen LogP contribution in [0, 0.1) is 11.3 Å². The third kappa shape index (κ3) is 2.53. The molecule has 0 aliphatic heterocycles. The Hall–Kier alpha value is -2.08. The molecule has 0 fully saturated rings. The van der Waals surface area contributed by atoms with Crippen LogP contribution in [0.2, 0.25) is 0 Å². The van der Waals surface area contributed by atoms with Gasteiger partial charge in [0.05, 0.1) is 16.8 Å². The molecule has 1 unspecified atom stereocenters. The van der Waals surface area contributed by atoms with Crippen molar-refractivity contribution in [1.29, 1.82) is 5.26 Å². The number of nitrogens with zero attached hydrogens (tertiary/aromatic N) is 3. The molecule has 1 heterocycles. The Balaban J connectivity index is 2.59. The molecule has 0 aliphatic rings. The van der Waals surface area contributed by atoms with Gasteiger partial charge in [-0.3, -0.25) is 4.98 Å². The van der Waals surface area contributed by atoms with Crippen molar-refractivity contribution in [2.75, 3.05) is 11.9 Å². The van der Waals surface area contributed by atoms with E-state index >= 15 is 0 Å². The van der Waals surface area contributed by atoms with E-state index in [1.807, 2.05) is 24.3 Å². The molecule has 1 aromatic heterocycles. The first-order valence-electron chi connectivity index (χ1n) is 6.69. The average Bonchev–Trinajstić information content (AvgIpc) is 2.45. The number of rotatable bonds is 4. The van der Waals surface area contributed by atoms with E-state index < -0.39 is 0 Å². The molecule has 0 spiro atoms. The molecule has 3 heteroatoms. The lowest BCUT2D eigenvalue weighted by atomic mass is 10.1. The monoisotopic (exact) mass is 253 g/mol. The minimum atomic E-state index is 0.405. The predicted octanol–water partition coefficient (Wildman–Crippen LogP) is 3.73. The smallest absolute Gasteiger partial charge is 0.103 e. The maximum Gasteiger partial charge on any atom is 0.103 e. The van der Waals surface area contributed by atoms with Gasteiger partial charge in [-0.2, -0.15) is 5.26 Å². The Morgan fingerprint density at radius 3 is 2.79 bits per heavy atom. The van der Waals surface area contributed by atoms with Crippen LogP contribution in [0.1, 0.15) is 32.3 Å². The molecule has 0 amide bonds. The zero-order chi connectivity index (χ0) is 13.8. The summed E-state index contributed by atoms with van der Waals surface area (Å²) in [7, 11) is 2.06. The van der Waals surface area contributed by atoms with Gasteiger partial charge in [-0.15, -0.1) is 0 Å². The molecule has 0 saturated carbocycles. The summed E-state index contributed by atoms with van der Waals surface area (Å²) < 4.78 is 0. The van der Waals surface area contributed by atoms with Crippen molar-refractivity contribution in [3.63, 3.8) is 0 Å². The predicted molar refractivity (Wildman–Crippen MR) is 79.2 cm³/mol. The van der Waals surface area contributed by atoms with E-state index in [9.17, 15) is 5.26 Å². The molecule has 0 aliphatic carbocycles. The molecule has 19 heavy (non-hydrogen) atoms. The molecule has 2 aromatic rings. The van der Waals surface area contributed by atoms with Crippen molar-refractivity contribution in [3.8, 4) is 6.07 Å². The summed E-state index contributed by atoms with van der Waals surface area (Å²) in [5, 5.41) is 10.4. The number of nitriles is 1. The maximum absolute atomic E-state index is 9.32. The van der Waals surface area contributed by atoms with Crippen LogP contribution in [0.5, 0.6) is 0 Å². The normalized spacial score (nSPS) is 12.1. The van der Waals surface area contributed by atoms with E-state index in [0.717, 1.165) is 29.4 Å². The van der Waals surface area contributed by atoms with E-state index in [1.54, 1.807) is 6.20 Å². The van der Waals surface area contributed by atoms with Crippen LogP contribution >= 0.6 is 0 Å². The van der Waals surface area contributed by atoms with Crippen LogP contribution in [0.25, 0.3) is 10.9 Å². The van der Waals surface area contributed by atoms with Gasteiger partial charge in [-0.05, 0) is 19.4 Å². The summed E-state index contributed by atoms with van der Waals surface area (Å²) >= 11 is 0. The van der Waals surface area contributed by atoms with E-state index in [0.29, 0.717) is 11.6 Å². The number of hydrogen-bond acceptors (Lipinski definition) is 3. The lowest BCUT2D eigenvalue weighted by Crippen LogP contribution is -2.29. The third-order valence-corrected chi connectivity index (χ3v) is 3.59. The van der Waals surface area contributed by atoms with Gasteiger partial charge in [-0.1, -0.05) is 31.5 Å². The van der Waals surface area contributed by atoms with E-state index in [-0.39, 0.29) is 0 Å². The molecule has 0 saturated heterocycles. The molecule has 0 bridgehead atoms. The Morgan fingerprint density at radius 2 is 2.11 bits per heavy atom. The summed E-state index contributed by atoms with van der Waals surface area (Å²) in [4.78, 5) is 6.55. The SMILES string of the molecule is CCCC(C)N(C)c1c(C#N)cnc2ccccc12. The number of hydrogen-bond donors (Lipinski definition) is 0. The van der Waals surface area contributed by atoms with Crippen molar-refractivity contribution >= 4 is 16.6 Å². The largest absolute Gasteiger partial charge is 0.370 e. The summed E-state index contributed by atoms with van der Waals surface area (Å²) in [6, 6.07) is 10.7. The molecule has 3 nitrogen and oxygen atoms in total. The molecular weight excluding hydrogens is 234 g/mol. The van der Waals surface area contributed by atoms with Gasteiger partial charge in [0.25, 0.3) is 0 Å². The highest BCUT2D eigenvalue weighted by molar-refractivity contribution is 5.94. The standard InChI is InChI=1S/C16H19N3/c1-4-7-12(2)19(3)16-13(10-17)11-18-15-9-6-5-8-14(15)16/h5-6,8-9,11-12H,4,7H2,1-3H3. The first-order valence-corrected chi connectivity index (χ1v) is 6.69. The van der Waals surface area contributed by atoms with Crippen molar-refractivity contribution < 1.29 is 0 Å². The number of aromatic nitrogens is 1. The van der Waals surface area contributed by atoms with Crippen molar-refractivity contribution in [1.82, 2.24) is 4.98 Å². The Bertz CT molecular complexity index is 613. The van der Waals surface area contributed by atoms with Crippen molar-refractivity contribution in [2.45, 2.75) is 32.7 Å². The zero-order valence-corrected chi connectivity index (χ0v) is 11.7. The minimum absolute atomic E-state index is 0.405. The summed E-state index contributed by atoms with van der Waals surface area (Å²) in [5.74, 6) is 0. The number of para-hydroxylation sites is 1. The summed E-state index contributed by atoms with van der Waals surface area (Å²) in [5.41, 5.74) is 2.57. The van der Waals surface area contributed by atoms with Crippen LogP contribution in [0.4, 0.5) is 5.69 Å². The van der Waals surface area contributed by atoms with Gasteiger partial charge < -0.3 is 4.90 Å². The number of anilines is 1. The van der Waals surface area contributed by atoms with Gasteiger partial charge in [0.1, 0.15) is 6.07 Å². The molecule has 1 atom stereocenters. The Labute approximate surface area is 114 Å². The minimum Gasteiger partial charge on any atom is -0.370 e. The molecule has 0 N–H and O–H groups in total. The first-order chi connectivity index (χ1) is 9.19. The fourth-order valence-electron chi connectivity index (χ4n) is 2.42. The zero-order valence-electron chi connectivity index (χ0n) is 11.7. The van der Waals surface area contributed by atoms with Gasteiger partial charge in [0, 0.05) is 24.7 Å². The fourth-order valence-corrected chi connectivity index (χ4v) is 2.42. The summed E-state index contributed by atoms with van der Waals surface area (Å²) in [6.45, 7) is 4.38. The van der Waals surface area contributed by atoms with Gasteiger partial charge in [-0.25, -0.2) is 0 Å². The van der Waals surface area contributed by atoms with Crippen LogP contribution in [0.3, 0.4) is 0 Å². The van der Waals surface area contributed by atoms with E-state index in [2.05, 4.69) is 36.8 Å². The fraction of sp³-hybridized carbons (Fsp3) is 0.375. The highest BCUT2D eigenvalue weighted by Gasteiger charge is 2.16. The second-order valence-electron chi connectivity index (χ2n) is 4.90. The topological polar surface area (TPSA) is 39.9 Å². The van der Waals surface area contributed by atoms with Crippen LogP contribution in [-0.2, 0) is 0 Å². The highest BCUT2D eigenvalue weighted by Crippen LogP contribution is 2.30. The van der Waals surface area contributed by atoms with Gasteiger partial charge >= 0.3 is 0 Å². The average molecular weight is 253 g/mol. The van der Waals surface area contributed by atoms with Gasteiger partial charge in [0.15, 0.2) is 0 Å². The lowest BCUT2D eigenvalue weighted by Gasteiger charge is -2.28. The van der Waals surface area contributed by atoms with E-state index in [4.69, 9.17) is 0 Å². The number of pyridine rings is 1. The van der Waals surface area contributed by atoms with Crippen LogP contribution < -0.4 is 4.90 Å². The second kappa shape index (κ2) is 5.71. The molecule has 98 valence electrons. The van der Waals surface area contributed by atoms with Crippen molar-refractivity contribution in [3.05, 3.63) is 36.0 Å². The lowest BCUT2D eigenvalue weighted by molar-refractivity contribution is 0.617. The highest BCUT2D eigenvalue weighted by atomic mass is 15.1. The Morgan fingerprint density at radius 1 is 1.37 bits per heavy atom. The number of benzene rings is 1. The Kier molecular flexibility index (Phi) is 4.01. The summed E-state index contributed by atoms with van der Waals surface area (Å²) in [6.07, 6.45) is 3.92. The van der Waals surface area contributed by atoms with Gasteiger partial charge in [0.2, 0.25) is 0 Å². The third-order valence-electron chi connectivity index (χ3n) is 3.59.